The van der Waals surface area contributed by atoms with E-state index in [-0.39, 0.29) is 5.78 Å². The van der Waals surface area contributed by atoms with Crippen molar-refractivity contribution in [1.29, 1.82) is 0 Å². The van der Waals surface area contributed by atoms with E-state index in [1.165, 1.54) is 14.0 Å². The van der Waals surface area contributed by atoms with Crippen molar-refractivity contribution in [3.05, 3.63) is 34.9 Å². The number of carbonyl (C=O) groups is 2. The minimum atomic E-state index is -0.458. The van der Waals surface area contributed by atoms with Crippen molar-refractivity contribution >= 4 is 11.8 Å². The van der Waals surface area contributed by atoms with Crippen LogP contribution >= 0.6 is 0 Å². The van der Waals surface area contributed by atoms with Crippen LogP contribution in [0.1, 0.15) is 33.2 Å². The lowest BCUT2D eigenvalue weighted by Crippen LogP contribution is -2.10. The molecule has 90 valence electrons. The minimum Gasteiger partial charge on any atom is -0.465 e. The first kappa shape index (κ1) is 11.8. The van der Waals surface area contributed by atoms with Gasteiger partial charge in [0.25, 0.3) is 0 Å². The van der Waals surface area contributed by atoms with Gasteiger partial charge in [-0.05, 0) is 25.0 Å². The number of ether oxygens (including phenoxy) is 1. The van der Waals surface area contributed by atoms with Crippen molar-refractivity contribution in [2.45, 2.75) is 19.4 Å². The fourth-order valence-electron chi connectivity index (χ4n) is 1.82. The molecule has 1 unspecified atom stereocenters. The van der Waals surface area contributed by atoms with Gasteiger partial charge in [-0.25, -0.2) is 4.79 Å². The van der Waals surface area contributed by atoms with E-state index in [4.69, 9.17) is 4.74 Å². The quantitative estimate of drug-likeness (QED) is 0.482. The predicted molar refractivity (Wildman–Crippen MR) is 63.3 cm³/mol. The molecule has 4 heteroatoms. The molecule has 0 aliphatic carbocycles. The highest BCUT2D eigenvalue weighted by Gasteiger charge is 2.22. The molecular formula is C13H15NO3. The molecule has 17 heavy (non-hydrogen) atoms. The van der Waals surface area contributed by atoms with Crippen molar-refractivity contribution in [1.82, 2.24) is 5.32 Å². The highest BCUT2D eigenvalue weighted by molar-refractivity contribution is 6.05. The number of rotatable bonds is 4. The number of ketones is 1. The van der Waals surface area contributed by atoms with Gasteiger partial charge >= 0.3 is 5.97 Å². The van der Waals surface area contributed by atoms with E-state index >= 15 is 0 Å². The smallest absolute Gasteiger partial charge is 0.338 e. The Morgan fingerprint density at radius 3 is 2.65 bits per heavy atom. The summed E-state index contributed by atoms with van der Waals surface area (Å²) < 4.78 is 4.70. The van der Waals surface area contributed by atoms with E-state index in [2.05, 4.69) is 5.32 Å². The van der Waals surface area contributed by atoms with Crippen molar-refractivity contribution in [3.63, 3.8) is 0 Å². The predicted octanol–water partition coefficient (Wildman–Crippen LogP) is 1.19. The molecule has 1 aliphatic rings. The SMILES string of the molecule is COC(=O)c1cc(CC2CN2)ccc1C(C)=O. The van der Waals surface area contributed by atoms with E-state index < -0.39 is 5.97 Å². The highest BCUT2D eigenvalue weighted by atomic mass is 16.5. The number of methoxy groups -OCH3 is 1. The topological polar surface area (TPSA) is 65.3 Å². The van der Waals surface area contributed by atoms with Crippen LogP contribution in [-0.2, 0) is 11.2 Å². The first-order chi connectivity index (χ1) is 8.11. The molecule has 1 saturated heterocycles. The summed E-state index contributed by atoms with van der Waals surface area (Å²) in [5.41, 5.74) is 1.83. The zero-order valence-electron chi connectivity index (χ0n) is 9.95. The second-order valence-corrected chi connectivity index (χ2v) is 4.24. The number of hydrogen-bond donors (Lipinski definition) is 1. The third-order valence-electron chi connectivity index (χ3n) is 2.84. The highest BCUT2D eigenvalue weighted by Crippen LogP contribution is 2.17. The summed E-state index contributed by atoms with van der Waals surface area (Å²) in [6, 6.07) is 5.85. The first-order valence-corrected chi connectivity index (χ1v) is 5.57. The zero-order chi connectivity index (χ0) is 12.4. The molecule has 1 fully saturated rings. The maximum absolute atomic E-state index is 11.6. The lowest BCUT2D eigenvalue weighted by Gasteiger charge is -2.07. The maximum atomic E-state index is 11.6. The molecule has 0 spiro atoms. The van der Waals surface area contributed by atoms with Crippen molar-refractivity contribution < 1.29 is 14.3 Å². The van der Waals surface area contributed by atoms with Gasteiger partial charge < -0.3 is 10.1 Å². The molecule has 4 nitrogen and oxygen atoms in total. The summed E-state index contributed by atoms with van der Waals surface area (Å²) in [4.78, 5) is 23.0. The number of Topliss-reactive ketones (excluding diaryl/α,β-unsaturated/α-hetero) is 1. The van der Waals surface area contributed by atoms with Crippen LogP contribution in [0, 0.1) is 0 Å². The summed E-state index contributed by atoms with van der Waals surface area (Å²) in [5, 5.41) is 3.20. The molecule has 0 saturated carbocycles. The zero-order valence-corrected chi connectivity index (χ0v) is 9.95. The number of benzene rings is 1. The van der Waals surface area contributed by atoms with Crippen LogP contribution in [0.25, 0.3) is 0 Å². The Morgan fingerprint density at radius 1 is 1.41 bits per heavy atom. The number of nitrogens with one attached hydrogen (secondary N) is 1. The molecule has 1 aromatic rings. The molecule has 0 amide bonds. The van der Waals surface area contributed by atoms with E-state index in [1.807, 2.05) is 6.07 Å². The molecule has 1 N–H and O–H groups in total. The first-order valence-electron chi connectivity index (χ1n) is 5.57. The average Bonchev–Trinajstić information content (AvgIpc) is 3.11. The molecule has 1 atom stereocenters. The van der Waals surface area contributed by atoms with Crippen LogP contribution in [0.3, 0.4) is 0 Å². The van der Waals surface area contributed by atoms with E-state index in [9.17, 15) is 9.59 Å². The van der Waals surface area contributed by atoms with Gasteiger partial charge in [0.1, 0.15) is 0 Å². The monoisotopic (exact) mass is 233 g/mol. The van der Waals surface area contributed by atoms with Crippen LogP contribution in [0.5, 0.6) is 0 Å². The van der Waals surface area contributed by atoms with Crippen molar-refractivity contribution in [3.8, 4) is 0 Å². The standard InChI is InChI=1S/C13H15NO3/c1-8(15)11-4-3-9(5-10-7-14-10)6-12(11)13(16)17-2/h3-4,6,10,14H,5,7H2,1-2H3. The van der Waals surface area contributed by atoms with Crippen LogP contribution in [0.4, 0.5) is 0 Å². The Bertz CT molecular complexity index is 464. The van der Waals surface area contributed by atoms with Crippen LogP contribution < -0.4 is 5.32 Å². The normalized spacial score (nSPS) is 17.6. The van der Waals surface area contributed by atoms with Crippen molar-refractivity contribution in [2.24, 2.45) is 0 Å². The van der Waals surface area contributed by atoms with Gasteiger partial charge in [-0.2, -0.15) is 0 Å². The second kappa shape index (κ2) is 4.67. The van der Waals surface area contributed by atoms with Crippen LogP contribution in [-0.4, -0.2) is 31.4 Å². The molecular weight excluding hydrogens is 218 g/mol. The Kier molecular flexibility index (Phi) is 3.24. The lowest BCUT2D eigenvalue weighted by atomic mass is 9.99. The van der Waals surface area contributed by atoms with Gasteiger partial charge in [-0.3, -0.25) is 4.79 Å². The number of esters is 1. The summed E-state index contributed by atoms with van der Waals surface area (Å²) in [5.74, 6) is -0.581. The van der Waals surface area contributed by atoms with Gasteiger partial charge in [0.15, 0.2) is 5.78 Å². The fraction of sp³-hybridized carbons (Fsp3) is 0.385. The largest absolute Gasteiger partial charge is 0.465 e. The van der Waals surface area contributed by atoms with Crippen LogP contribution in [0.15, 0.2) is 18.2 Å². The molecule has 1 aliphatic heterocycles. The van der Waals surface area contributed by atoms with E-state index in [0.29, 0.717) is 17.2 Å². The third kappa shape index (κ3) is 2.71. The third-order valence-corrected chi connectivity index (χ3v) is 2.84. The Labute approximate surface area is 100.0 Å². The Balaban J connectivity index is 2.34. The Hall–Kier alpha value is -1.68. The fourth-order valence-corrected chi connectivity index (χ4v) is 1.82. The average molecular weight is 233 g/mol. The number of hydrogen-bond acceptors (Lipinski definition) is 4. The van der Waals surface area contributed by atoms with E-state index in [0.717, 1.165) is 18.5 Å². The summed E-state index contributed by atoms with van der Waals surface area (Å²) in [6.45, 7) is 2.46. The Morgan fingerprint density at radius 2 is 2.12 bits per heavy atom. The van der Waals surface area contributed by atoms with Gasteiger partial charge in [-0.15, -0.1) is 0 Å². The lowest BCUT2D eigenvalue weighted by molar-refractivity contribution is 0.0597. The summed E-state index contributed by atoms with van der Waals surface area (Å²) in [7, 11) is 1.32. The van der Waals surface area contributed by atoms with Crippen LogP contribution in [0.2, 0.25) is 0 Å². The molecule has 1 heterocycles. The molecule has 0 radical (unpaired) electrons. The van der Waals surface area contributed by atoms with Gasteiger partial charge in [0.2, 0.25) is 0 Å². The molecule has 2 rings (SSSR count). The molecule has 1 aromatic carbocycles. The molecule has 0 bridgehead atoms. The minimum absolute atomic E-state index is 0.124. The van der Waals surface area contributed by atoms with Gasteiger partial charge in [-0.1, -0.05) is 12.1 Å². The van der Waals surface area contributed by atoms with E-state index in [1.54, 1.807) is 12.1 Å². The second-order valence-electron chi connectivity index (χ2n) is 4.24. The number of carbonyl (C=O) groups excluding carboxylic acids is 2. The van der Waals surface area contributed by atoms with Gasteiger partial charge in [0, 0.05) is 18.2 Å². The van der Waals surface area contributed by atoms with Crippen molar-refractivity contribution in [2.75, 3.05) is 13.7 Å². The summed E-state index contributed by atoms with van der Waals surface area (Å²) >= 11 is 0. The maximum Gasteiger partial charge on any atom is 0.338 e. The summed E-state index contributed by atoms with van der Waals surface area (Å²) in [6.07, 6.45) is 0.877. The van der Waals surface area contributed by atoms with Gasteiger partial charge in [0.05, 0.1) is 12.7 Å². The molecule has 0 aromatic heterocycles.